The van der Waals surface area contributed by atoms with Crippen molar-refractivity contribution in [2.45, 2.75) is 32.9 Å². The average Bonchev–Trinajstić information content (AvgIpc) is 3.02. The van der Waals surface area contributed by atoms with Crippen LogP contribution in [-0.4, -0.2) is 34.5 Å². The zero-order chi connectivity index (χ0) is 20.3. The molecule has 2 amide bonds. The Balaban J connectivity index is 1.62. The highest BCUT2D eigenvalue weighted by molar-refractivity contribution is 7.18. The fourth-order valence-electron chi connectivity index (χ4n) is 2.60. The normalized spacial score (nSPS) is 11.3. The summed E-state index contributed by atoms with van der Waals surface area (Å²) in [6.45, 7) is 5.84. The van der Waals surface area contributed by atoms with Crippen molar-refractivity contribution in [1.82, 2.24) is 9.88 Å². The number of para-hydroxylation sites is 1. The number of aromatic nitrogens is 1. The predicted molar refractivity (Wildman–Crippen MR) is 112 cm³/mol. The Labute approximate surface area is 168 Å². The van der Waals surface area contributed by atoms with E-state index in [1.54, 1.807) is 68.3 Å². The molecule has 0 aliphatic rings. The first kappa shape index (κ1) is 19.8. The lowest BCUT2D eigenvalue weighted by Crippen LogP contribution is -2.27. The second kappa shape index (κ2) is 7.98. The summed E-state index contributed by atoms with van der Waals surface area (Å²) >= 11 is 1.59. The van der Waals surface area contributed by atoms with Crippen molar-refractivity contribution in [2.24, 2.45) is 0 Å². The van der Waals surface area contributed by atoms with Crippen molar-refractivity contribution < 1.29 is 14.3 Å². The number of nitrogens with zero attached hydrogens (tertiary/aromatic N) is 2. The first-order chi connectivity index (χ1) is 13.2. The van der Waals surface area contributed by atoms with E-state index in [-0.39, 0.29) is 5.91 Å². The van der Waals surface area contributed by atoms with E-state index in [9.17, 15) is 9.59 Å². The molecule has 1 heterocycles. The lowest BCUT2D eigenvalue weighted by molar-refractivity contribution is 0.0635. The van der Waals surface area contributed by atoms with Gasteiger partial charge in [-0.2, -0.15) is 0 Å². The van der Waals surface area contributed by atoms with E-state index in [1.807, 2.05) is 24.3 Å². The molecule has 7 heteroatoms. The molecule has 28 heavy (non-hydrogen) atoms. The third kappa shape index (κ3) is 5.07. The molecule has 2 aromatic carbocycles. The largest absolute Gasteiger partial charge is 0.444 e. The molecule has 0 saturated carbocycles. The maximum absolute atomic E-state index is 12.7. The minimum atomic E-state index is -0.566. The molecule has 0 aliphatic heterocycles. The van der Waals surface area contributed by atoms with Crippen molar-refractivity contribution in [2.75, 3.05) is 12.4 Å². The quantitative estimate of drug-likeness (QED) is 0.679. The summed E-state index contributed by atoms with van der Waals surface area (Å²) in [5.74, 6) is -0.108. The fraction of sp³-hybridized carbons (Fsp3) is 0.286. The van der Waals surface area contributed by atoms with Crippen molar-refractivity contribution >= 4 is 39.2 Å². The van der Waals surface area contributed by atoms with E-state index < -0.39 is 11.7 Å². The standard InChI is InChI=1S/C21H23N3O3S/c1-21(2,3)27-20(26)22-15-11-9-14(10-12-15)19(25)24(4)13-18-23-16-7-5-6-8-17(16)28-18/h5-12H,13H2,1-4H3,(H,22,26). The van der Waals surface area contributed by atoms with Crippen LogP contribution in [0.3, 0.4) is 0 Å². The second-order valence-corrected chi connectivity index (χ2v) is 8.56. The molecular formula is C21H23N3O3S. The Bertz CT molecular complexity index is 957. The van der Waals surface area contributed by atoms with Gasteiger partial charge < -0.3 is 9.64 Å². The Morgan fingerprint density at radius 3 is 2.43 bits per heavy atom. The number of nitrogens with one attached hydrogen (secondary N) is 1. The minimum absolute atomic E-state index is 0.108. The molecule has 3 rings (SSSR count). The molecule has 1 N–H and O–H groups in total. The smallest absolute Gasteiger partial charge is 0.412 e. The SMILES string of the molecule is CN(Cc1nc2ccccc2s1)C(=O)c1ccc(NC(=O)OC(C)(C)C)cc1. The third-order valence-corrected chi connectivity index (χ3v) is 4.86. The van der Waals surface area contributed by atoms with Crippen LogP contribution < -0.4 is 5.32 Å². The summed E-state index contributed by atoms with van der Waals surface area (Å²) in [5.41, 5.74) is 1.49. The number of hydrogen-bond donors (Lipinski definition) is 1. The second-order valence-electron chi connectivity index (χ2n) is 7.44. The molecule has 0 saturated heterocycles. The predicted octanol–water partition coefficient (Wildman–Crippen LogP) is 4.92. The molecule has 0 fully saturated rings. The van der Waals surface area contributed by atoms with E-state index in [1.165, 1.54) is 0 Å². The van der Waals surface area contributed by atoms with Gasteiger partial charge in [0.1, 0.15) is 10.6 Å². The summed E-state index contributed by atoms with van der Waals surface area (Å²) in [4.78, 5) is 30.7. The van der Waals surface area contributed by atoms with Crippen LogP contribution in [0.5, 0.6) is 0 Å². The maximum atomic E-state index is 12.7. The molecule has 6 nitrogen and oxygen atoms in total. The number of thiazole rings is 1. The number of carbonyl (C=O) groups is 2. The van der Waals surface area contributed by atoms with Crippen molar-refractivity contribution in [3.05, 3.63) is 59.1 Å². The van der Waals surface area contributed by atoms with Gasteiger partial charge in [0.05, 0.1) is 16.8 Å². The number of anilines is 1. The summed E-state index contributed by atoms with van der Waals surface area (Å²) in [6.07, 6.45) is -0.528. The molecule has 0 unspecified atom stereocenters. The summed E-state index contributed by atoms with van der Waals surface area (Å²) in [7, 11) is 1.75. The first-order valence-electron chi connectivity index (χ1n) is 8.91. The molecule has 0 spiro atoms. The van der Waals surface area contributed by atoms with Crippen LogP contribution in [0.25, 0.3) is 10.2 Å². The number of amides is 2. The molecule has 1 aromatic heterocycles. The molecule has 0 bridgehead atoms. The van der Waals surface area contributed by atoms with Crippen LogP contribution in [0.4, 0.5) is 10.5 Å². The van der Waals surface area contributed by atoms with Gasteiger partial charge in [-0.3, -0.25) is 10.1 Å². The summed E-state index contributed by atoms with van der Waals surface area (Å²) in [5, 5.41) is 3.54. The van der Waals surface area contributed by atoms with E-state index in [0.717, 1.165) is 15.2 Å². The maximum Gasteiger partial charge on any atom is 0.412 e. The van der Waals surface area contributed by atoms with Crippen LogP contribution >= 0.6 is 11.3 Å². The number of ether oxygens (including phenoxy) is 1. The Morgan fingerprint density at radius 1 is 1.11 bits per heavy atom. The lowest BCUT2D eigenvalue weighted by atomic mass is 10.2. The molecule has 0 aliphatic carbocycles. The van der Waals surface area contributed by atoms with Gasteiger partial charge in [0.15, 0.2) is 0 Å². The van der Waals surface area contributed by atoms with Crippen molar-refractivity contribution in [3.63, 3.8) is 0 Å². The van der Waals surface area contributed by atoms with Gasteiger partial charge in [0, 0.05) is 18.3 Å². The number of hydrogen-bond acceptors (Lipinski definition) is 5. The van der Waals surface area contributed by atoms with Gasteiger partial charge in [-0.05, 0) is 57.2 Å². The molecular weight excluding hydrogens is 374 g/mol. The van der Waals surface area contributed by atoms with E-state index in [0.29, 0.717) is 17.8 Å². The molecule has 0 atom stereocenters. The number of fused-ring (bicyclic) bond motifs is 1. The topological polar surface area (TPSA) is 71.5 Å². The summed E-state index contributed by atoms with van der Waals surface area (Å²) in [6, 6.07) is 14.7. The number of benzene rings is 2. The first-order valence-corrected chi connectivity index (χ1v) is 9.73. The Morgan fingerprint density at radius 2 is 1.79 bits per heavy atom. The van der Waals surface area contributed by atoms with Gasteiger partial charge in [0.2, 0.25) is 0 Å². The summed E-state index contributed by atoms with van der Waals surface area (Å²) < 4.78 is 6.33. The third-order valence-electron chi connectivity index (χ3n) is 3.83. The molecule has 3 aromatic rings. The van der Waals surface area contributed by atoms with Crippen LogP contribution in [0, 0.1) is 0 Å². The van der Waals surface area contributed by atoms with E-state index in [4.69, 9.17) is 4.74 Å². The van der Waals surface area contributed by atoms with Gasteiger partial charge in [-0.15, -0.1) is 11.3 Å². The van der Waals surface area contributed by atoms with Gasteiger partial charge >= 0.3 is 6.09 Å². The molecule has 0 radical (unpaired) electrons. The minimum Gasteiger partial charge on any atom is -0.444 e. The van der Waals surface area contributed by atoms with Crippen LogP contribution in [0.15, 0.2) is 48.5 Å². The average molecular weight is 398 g/mol. The van der Waals surface area contributed by atoms with Gasteiger partial charge in [-0.25, -0.2) is 9.78 Å². The van der Waals surface area contributed by atoms with Crippen LogP contribution in [0.1, 0.15) is 36.1 Å². The van der Waals surface area contributed by atoms with Crippen molar-refractivity contribution in [3.8, 4) is 0 Å². The number of carbonyl (C=O) groups excluding carboxylic acids is 2. The van der Waals surface area contributed by atoms with E-state index >= 15 is 0 Å². The van der Waals surface area contributed by atoms with Gasteiger partial charge in [-0.1, -0.05) is 12.1 Å². The lowest BCUT2D eigenvalue weighted by Gasteiger charge is -2.20. The van der Waals surface area contributed by atoms with Gasteiger partial charge in [0.25, 0.3) is 5.91 Å². The number of rotatable bonds is 4. The monoisotopic (exact) mass is 397 g/mol. The zero-order valence-electron chi connectivity index (χ0n) is 16.4. The Kier molecular flexibility index (Phi) is 5.65. The highest BCUT2D eigenvalue weighted by Gasteiger charge is 2.17. The highest BCUT2D eigenvalue weighted by atomic mass is 32.1. The van der Waals surface area contributed by atoms with Crippen LogP contribution in [0.2, 0.25) is 0 Å². The van der Waals surface area contributed by atoms with Crippen LogP contribution in [-0.2, 0) is 11.3 Å². The van der Waals surface area contributed by atoms with Crippen molar-refractivity contribution in [1.29, 1.82) is 0 Å². The molecule has 146 valence electrons. The van der Waals surface area contributed by atoms with E-state index in [2.05, 4.69) is 10.3 Å². The highest BCUT2D eigenvalue weighted by Crippen LogP contribution is 2.23. The fourth-order valence-corrected chi connectivity index (χ4v) is 3.62. The zero-order valence-corrected chi connectivity index (χ0v) is 17.2. The Hall–Kier alpha value is -2.93.